The van der Waals surface area contributed by atoms with E-state index in [9.17, 15) is 0 Å². The van der Waals surface area contributed by atoms with Crippen LogP contribution < -0.4 is 5.32 Å². The lowest BCUT2D eigenvalue weighted by atomic mass is 10.0. The van der Waals surface area contributed by atoms with Gasteiger partial charge in [-0.1, -0.05) is 71.6 Å². The van der Waals surface area contributed by atoms with Crippen molar-refractivity contribution in [2.45, 2.75) is 103 Å². The second kappa shape index (κ2) is 11.8. The van der Waals surface area contributed by atoms with Gasteiger partial charge in [0, 0.05) is 6.04 Å². The second-order valence-electron chi connectivity index (χ2n) is 6.74. The second-order valence-corrected chi connectivity index (χ2v) is 6.74. The van der Waals surface area contributed by atoms with Gasteiger partial charge in [-0.3, -0.25) is 0 Å². The summed E-state index contributed by atoms with van der Waals surface area (Å²) in [5.41, 5.74) is 0. The van der Waals surface area contributed by atoms with Crippen molar-refractivity contribution in [3.05, 3.63) is 0 Å². The SMILES string of the molecule is CCCCCCCCCCNC1CCCC(C)CC1. The molecule has 0 bridgehead atoms. The molecule has 1 fully saturated rings. The van der Waals surface area contributed by atoms with Crippen LogP contribution >= 0.6 is 0 Å². The van der Waals surface area contributed by atoms with E-state index < -0.39 is 0 Å². The molecule has 1 rings (SSSR count). The summed E-state index contributed by atoms with van der Waals surface area (Å²) in [7, 11) is 0. The topological polar surface area (TPSA) is 12.0 Å². The quantitative estimate of drug-likeness (QED) is 0.396. The van der Waals surface area contributed by atoms with Crippen molar-refractivity contribution in [3.8, 4) is 0 Å². The first-order valence-electron chi connectivity index (χ1n) is 9.06. The lowest BCUT2D eigenvalue weighted by Crippen LogP contribution is -2.29. The van der Waals surface area contributed by atoms with Gasteiger partial charge in [0.25, 0.3) is 0 Å². The van der Waals surface area contributed by atoms with Crippen molar-refractivity contribution in [2.24, 2.45) is 5.92 Å². The van der Waals surface area contributed by atoms with Gasteiger partial charge in [-0.05, 0) is 38.1 Å². The Morgan fingerprint density at radius 2 is 1.47 bits per heavy atom. The summed E-state index contributed by atoms with van der Waals surface area (Å²) >= 11 is 0. The number of rotatable bonds is 10. The van der Waals surface area contributed by atoms with Gasteiger partial charge in [-0.2, -0.15) is 0 Å². The van der Waals surface area contributed by atoms with E-state index in [0.717, 1.165) is 12.0 Å². The number of unbranched alkanes of at least 4 members (excludes halogenated alkanes) is 7. The van der Waals surface area contributed by atoms with Crippen molar-refractivity contribution in [1.82, 2.24) is 5.32 Å². The normalized spacial score (nSPS) is 24.3. The standard InChI is InChI=1S/C18H37N/c1-3-4-5-6-7-8-9-10-16-19-18-13-11-12-17(2)14-15-18/h17-19H,3-16H2,1-2H3. The molecule has 2 unspecified atom stereocenters. The maximum absolute atomic E-state index is 3.79. The molecule has 114 valence electrons. The average molecular weight is 268 g/mol. The van der Waals surface area contributed by atoms with Crippen LogP contribution in [0, 0.1) is 5.92 Å². The molecule has 19 heavy (non-hydrogen) atoms. The zero-order valence-corrected chi connectivity index (χ0v) is 13.6. The van der Waals surface area contributed by atoms with Crippen molar-refractivity contribution in [2.75, 3.05) is 6.54 Å². The van der Waals surface area contributed by atoms with E-state index in [-0.39, 0.29) is 0 Å². The van der Waals surface area contributed by atoms with E-state index in [1.54, 1.807) is 0 Å². The molecule has 1 aliphatic rings. The molecule has 0 aromatic rings. The van der Waals surface area contributed by atoms with E-state index in [1.807, 2.05) is 0 Å². The smallest absolute Gasteiger partial charge is 0.00671 e. The highest BCUT2D eigenvalue weighted by molar-refractivity contribution is 4.73. The molecule has 1 nitrogen and oxygen atoms in total. The summed E-state index contributed by atoms with van der Waals surface area (Å²) in [6.45, 7) is 5.97. The highest BCUT2D eigenvalue weighted by Crippen LogP contribution is 2.22. The molecule has 2 atom stereocenters. The Kier molecular flexibility index (Phi) is 10.5. The predicted octanol–water partition coefficient (Wildman–Crippen LogP) is 5.69. The highest BCUT2D eigenvalue weighted by Gasteiger charge is 2.14. The summed E-state index contributed by atoms with van der Waals surface area (Å²) in [6, 6.07) is 0.828. The molecule has 1 aliphatic carbocycles. The maximum atomic E-state index is 3.79. The zero-order valence-electron chi connectivity index (χ0n) is 13.6. The van der Waals surface area contributed by atoms with Gasteiger partial charge in [0.05, 0.1) is 0 Å². The van der Waals surface area contributed by atoms with Crippen molar-refractivity contribution < 1.29 is 0 Å². The van der Waals surface area contributed by atoms with Crippen LogP contribution in [0.5, 0.6) is 0 Å². The Morgan fingerprint density at radius 1 is 0.789 bits per heavy atom. The Labute approximate surface area is 121 Å². The van der Waals surface area contributed by atoms with Crippen LogP contribution in [0.25, 0.3) is 0 Å². The Bertz CT molecular complexity index is 190. The van der Waals surface area contributed by atoms with E-state index in [2.05, 4.69) is 19.2 Å². The van der Waals surface area contributed by atoms with Crippen LogP contribution in [-0.2, 0) is 0 Å². The first-order chi connectivity index (χ1) is 9.33. The van der Waals surface area contributed by atoms with Gasteiger partial charge in [0.15, 0.2) is 0 Å². The molecule has 0 heterocycles. The van der Waals surface area contributed by atoms with Crippen LogP contribution in [0.2, 0.25) is 0 Å². The number of hydrogen-bond acceptors (Lipinski definition) is 1. The Balaban J connectivity index is 1.85. The third-order valence-electron chi connectivity index (χ3n) is 4.72. The first-order valence-corrected chi connectivity index (χ1v) is 9.06. The highest BCUT2D eigenvalue weighted by atomic mass is 14.9. The Hall–Kier alpha value is -0.0400. The van der Waals surface area contributed by atoms with Crippen LogP contribution in [0.3, 0.4) is 0 Å². The maximum Gasteiger partial charge on any atom is 0.00671 e. The molecule has 0 spiro atoms. The summed E-state index contributed by atoms with van der Waals surface area (Å²) < 4.78 is 0. The number of nitrogens with one attached hydrogen (secondary N) is 1. The van der Waals surface area contributed by atoms with Gasteiger partial charge >= 0.3 is 0 Å². The molecule has 0 amide bonds. The van der Waals surface area contributed by atoms with Crippen molar-refractivity contribution in [3.63, 3.8) is 0 Å². The summed E-state index contributed by atoms with van der Waals surface area (Å²) in [5.74, 6) is 0.968. The van der Waals surface area contributed by atoms with E-state index >= 15 is 0 Å². The average Bonchev–Trinajstić information content (AvgIpc) is 2.62. The third kappa shape index (κ3) is 9.49. The lowest BCUT2D eigenvalue weighted by molar-refractivity contribution is 0.438. The first kappa shape index (κ1) is 17.0. The molecule has 1 heteroatoms. The van der Waals surface area contributed by atoms with Crippen LogP contribution in [0.15, 0.2) is 0 Å². The van der Waals surface area contributed by atoms with Gasteiger partial charge < -0.3 is 5.32 Å². The van der Waals surface area contributed by atoms with Gasteiger partial charge in [0.2, 0.25) is 0 Å². The number of hydrogen-bond donors (Lipinski definition) is 1. The minimum Gasteiger partial charge on any atom is -0.314 e. The molecule has 0 aromatic heterocycles. The van der Waals surface area contributed by atoms with Crippen LogP contribution in [0.1, 0.15) is 97.3 Å². The fourth-order valence-electron chi connectivity index (χ4n) is 3.26. The summed E-state index contributed by atoms with van der Waals surface area (Å²) in [4.78, 5) is 0. The molecule has 0 aromatic carbocycles. The molecule has 0 aliphatic heterocycles. The van der Waals surface area contributed by atoms with Gasteiger partial charge in [-0.15, -0.1) is 0 Å². The van der Waals surface area contributed by atoms with Gasteiger partial charge in [-0.25, -0.2) is 0 Å². The molecule has 0 radical (unpaired) electrons. The van der Waals surface area contributed by atoms with E-state index in [1.165, 1.54) is 90.0 Å². The van der Waals surface area contributed by atoms with Gasteiger partial charge in [0.1, 0.15) is 0 Å². The predicted molar refractivity (Wildman–Crippen MR) is 86.6 cm³/mol. The Morgan fingerprint density at radius 3 is 2.21 bits per heavy atom. The minimum absolute atomic E-state index is 0.828. The third-order valence-corrected chi connectivity index (χ3v) is 4.72. The van der Waals surface area contributed by atoms with Crippen molar-refractivity contribution in [1.29, 1.82) is 0 Å². The molecular formula is C18H37N. The molecular weight excluding hydrogens is 230 g/mol. The van der Waals surface area contributed by atoms with Crippen molar-refractivity contribution >= 4 is 0 Å². The van der Waals surface area contributed by atoms with Crippen LogP contribution in [0.4, 0.5) is 0 Å². The molecule has 0 saturated heterocycles. The van der Waals surface area contributed by atoms with E-state index in [0.29, 0.717) is 0 Å². The molecule has 1 N–H and O–H groups in total. The van der Waals surface area contributed by atoms with Crippen LogP contribution in [-0.4, -0.2) is 12.6 Å². The van der Waals surface area contributed by atoms with E-state index in [4.69, 9.17) is 0 Å². The largest absolute Gasteiger partial charge is 0.314 e. The zero-order chi connectivity index (χ0) is 13.8. The minimum atomic E-state index is 0.828. The lowest BCUT2D eigenvalue weighted by Gasteiger charge is -2.16. The monoisotopic (exact) mass is 267 g/mol. The summed E-state index contributed by atoms with van der Waals surface area (Å²) in [6.07, 6.45) is 18.6. The fraction of sp³-hybridized carbons (Fsp3) is 1.00. The molecule has 1 saturated carbocycles. The fourth-order valence-corrected chi connectivity index (χ4v) is 3.26. The summed E-state index contributed by atoms with van der Waals surface area (Å²) in [5, 5.41) is 3.79.